The molecule has 0 radical (unpaired) electrons. The number of hydrogen-bond donors (Lipinski definition) is 1. The van der Waals surface area contributed by atoms with Gasteiger partial charge >= 0.3 is 0 Å². The monoisotopic (exact) mass is 281 g/mol. The predicted molar refractivity (Wildman–Crippen MR) is 63.4 cm³/mol. The Balaban J connectivity index is 2.82. The van der Waals surface area contributed by atoms with E-state index in [1.165, 1.54) is 0 Å². The summed E-state index contributed by atoms with van der Waals surface area (Å²) in [5.74, 6) is 0.501. The zero-order chi connectivity index (χ0) is 10.0. The quantitative estimate of drug-likeness (QED) is 0.883. The molecule has 1 aromatic heterocycles. The SMILES string of the molecule is CCC(C)C(N)c1cc(Br)c(Cl)s1. The van der Waals surface area contributed by atoms with Crippen molar-refractivity contribution >= 4 is 38.9 Å². The maximum absolute atomic E-state index is 6.06. The second-order valence-electron chi connectivity index (χ2n) is 3.18. The van der Waals surface area contributed by atoms with E-state index in [9.17, 15) is 0 Å². The van der Waals surface area contributed by atoms with E-state index < -0.39 is 0 Å². The first-order valence-corrected chi connectivity index (χ1v) is 6.25. The molecule has 1 rings (SSSR count). The molecule has 1 nitrogen and oxygen atoms in total. The topological polar surface area (TPSA) is 26.0 Å². The minimum atomic E-state index is 0.110. The molecule has 0 spiro atoms. The van der Waals surface area contributed by atoms with Gasteiger partial charge in [0.05, 0.1) is 0 Å². The van der Waals surface area contributed by atoms with Gasteiger partial charge in [-0.05, 0) is 27.9 Å². The van der Waals surface area contributed by atoms with E-state index in [0.29, 0.717) is 5.92 Å². The predicted octanol–water partition coefficient (Wildman–Crippen LogP) is 4.21. The summed E-state index contributed by atoms with van der Waals surface area (Å²) in [7, 11) is 0. The van der Waals surface area contributed by atoms with Gasteiger partial charge in [0.2, 0.25) is 0 Å². The third-order valence-corrected chi connectivity index (χ3v) is 4.83. The van der Waals surface area contributed by atoms with E-state index in [-0.39, 0.29) is 6.04 Å². The summed E-state index contributed by atoms with van der Waals surface area (Å²) in [5.41, 5.74) is 6.06. The molecule has 0 bridgehead atoms. The van der Waals surface area contributed by atoms with Crippen LogP contribution in [0.25, 0.3) is 0 Å². The van der Waals surface area contributed by atoms with E-state index in [0.717, 1.165) is 20.1 Å². The van der Waals surface area contributed by atoms with Gasteiger partial charge < -0.3 is 5.73 Å². The molecular weight excluding hydrogens is 270 g/mol. The van der Waals surface area contributed by atoms with Crippen LogP contribution >= 0.6 is 38.9 Å². The standard InChI is InChI=1S/C9H13BrClNS/c1-3-5(2)8(12)7-4-6(10)9(11)13-7/h4-5,8H,3,12H2,1-2H3. The lowest BCUT2D eigenvalue weighted by molar-refractivity contribution is 0.462. The molecule has 0 saturated carbocycles. The lowest BCUT2D eigenvalue weighted by Crippen LogP contribution is -2.17. The third kappa shape index (κ3) is 2.69. The van der Waals surface area contributed by atoms with Crippen molar-refractivity contribution in [3.63, 3.8) is 0 Å². The van der Waals surface area contributed by atoms with E-state index in [1.54, 1.807) is 11.3 Å². The second-order valence-corrected chi connectivity index (χ2v) is 5.72. The summed E-state index contributed by atoms with van der Waals surface area (Å²) in [4.78, 5) is 1.16. The van der Waals surface area contributed by atoms with Crippen molar-refractivity contribution in [2.75, 3.05) is 0 Å². The Morgan fingerprint density at radius 2 is 2.31 bits per heavy atom. The first kappa shape index (κ1) is 11.5. The van der Waals surface area contributed by atoms with Gasteiger partial charge in [0.25, 0.3) is 0 Å². The highest BCUT2D eigenvalue weighted by atomic mass is 79.9. The Morgan fingerprint density at radius 1 is 1.69 bits per heavy atom. The summed E-state index contributed by atoms with van der Waals surface area (Å²) in [5, 5.41) is 0. The zero-order valence-electron chi connectivity index (χ0n) is 7.68. The molecule has 2 unspecified atom stereocenters. The van der Waals surface area contributed by atoms with Crippen LogP contribution in [0, 0.1) is 5.92 Å². The van der Waals surface area contributed by atoms with Crippen LogP contribution in [-0.2, 0) is 0 Å². The molecule has 74 valence electrons. The normalized spacial score (nSPS) is 15.8. The number of thiophene rings is 1. The Morgan fingerprint density at radius 3 is 2.69 bits per heavy atom. The minimum absolute atomic E-state index is 0.110. The lowest BCUT2D eigenvalue weighted by atomic mass is 9.99. The van der Waals surface area contributed by atoms with Crippen LogP contribution in [0.1, 0.15) is 31.2 Å². The molecule has 0 amide bonds. The molecule has 0 aliphatic carbocycles. The van der Waals surface area contributed by atoms with Crippen molar-refractivity contribution < 1.29 is 0 Å². The number of rotatable bonds is 3. The van der Waals surface area contributed by atoms with Crippen molar-refractivity contribution in [3.05, 3.63) is 19.8 Å². The fourth-order valence-electron chi connectivity index (χ4n) is 1.06. The maximum Gasteiger partial charge on any atom is 0.107 e. The summed E-state index contributed by atoms with van der Waals surface area (Å²) >= 11 is 10.9. The highest BCUT2D eigenvalue weighted by Crippen LogP contribution is 2.36. The summed E-state index contributed by atoms with van der Waals surface area (Å²) in [6.45, 7) is 4.31. The summed E-state index contributed by atoms with van der Waals surface area (Å²) in [6, 6.07) is 2.13. The molecule has 0 aliphatic rings. The van der Waals surface area contributed by atoms with Crippen molar-refractivity contribution in [1.29, 1.82) is 0 Å². The first-order chi connectivity index (χ1) is 6.06. The number of hydrogen-bond acceptors (Lipinski definition) is 2. The van der Waals surface area contributed by atoms with Crippen LogP contribution in [0.5, 0.6) is 0 Å². The number of halogens is 2. The summed E-state index contributed by atoms with van der Waals surface area (Å²) < 4.78 is 1.74. The van der Waals surface area contributed by atoms with Crippen molar-refractivity contribution in [2.24, 2.45) is 11.7 Å². The van der Waals surface area contributed by atoms with Gasteiger partial charge in [0.15, 0.2) is 0 Å². The molecule has 1 aromatic rings. The van der Waals surface area contributed by atoms with E-state index >= 15 is 0 Å². The van der Waals surface area contributed by atoms with Crippen LogP contribution in [-0.4, -0.2) is 0 Å². The Labute approximate surface area is 96.4 Å². The Kier molecular flexibility index (Phi) is 4.23. The smallest absolute Gasteiger partial charge is 0.107 e. The fraction of sp³-hybridized carbons (Fsp3) is 0.556. The highest BCUT2D eigenvalue weighted by Gasteiger charge is 2.16. The van der Waals surface area contributed by atoms with Gasteiger partial charge in [-0.1, -0.05) is 31.9 Å². The fourth-order valence-corrected chi connectivity index (χ4v) is 2.93. The van der Waals surface area contributed by atoms with Crippen LogP contribution in [0.3, 0.4) is 0 Å². The van der Waals surface area contributed by atoms with Gasteiger partial charge in [-0.15, -0.1) is 11.3 Å². The average molecular weight is 283 g/mol. The molecule has 4 heteroatoms. The molecular formula is C9H13BrClNS. The lowest BCUT2D eigenvalue weighted by Gasteiger charge is -2.16. The molecule has 0 aliphatic heterocycles. The molecule has 13 heavy (non-hydrogen) atoms. The van der Waals surface area contributed by atoms with E-state index in [1.807, 2.05) is 6.07 Å². The van der Waals surface area contributed by atoms with Crippen molar-refractivity contribution in [2.45, 2.75) is 26.3 Å². The van der Waals surface area contributed by atoms with E-state index in [2.05, 4.69) is 29.8 Å². The summed E-state index contributed by atoms with van der Waals surface area (Å²) in [6.07, 6.45) is 1.09. The Bertz CT molecular complexity index is 268. The van der Waals surface area contributed by atoms with Gasteiger partial charge in [0, 0.05) is 15.4 Å². The maximum atomic E-state index is 6.06. The number of nitrogens with two attached hydrogens (primary N) is 1. The minimum Gasteiger partial charge on any atom is -0.323 e. The second kappa shape index (κ2) is 4.78. The van der Waals surface area contributed by atoms with Gasteiger partial charge in [-0.25, -0.2) is 0 Å². The van der Waals surface area contributed by atoms with Gasteiger partial charge in [0.1, 0.15) is 4.34 Å². The van der Waals surface area contributed by atoms with Crippen molar-refractivity contribution in [1.82, 2.24) is 0 Å². The molecule has 2 atom stereocenters. The van der Waals surface area contributed by atoms with Crippen LogP contribution in [0.4, 0.5) is 0 Å². The average Bonchev–Trinajstić information content (AvgIpc) is 2.44. The van der Waals surface area contributed by atoms with Crippen LogP contribution < -0.4 is 5.73 Å². The molecule has 1 heterocycles. The van der Waals surface area contributed by atoms with Gasteiger partial charge in [-0.3, -0.25) is 0 Å². The third-order valence-electron chi connectivity index (χ3n) is 2.25. The molecule has 0 aromatic carbocycles. The molecule has 0 fully saturated rings. The van der Waals surface area contributed by atoms with Crippen LogP contribution in [0.2, 0.25) is 4.34 Å². The van der Waals surface area contributed by atoms with Crippen LogP contribution in [0.15, 0.2) is 10.5 Å². The van der Waals surface area contributed by atoms with Crippen molar-refractivity contribution in [3.8, 4) is 0 Å². The van der Waals surface area contributed by atoms with Gasteiger partial charge in [-0.2, -0.15) is 0 Å². The largest absolute Gasteiger partial charge is 0.323 e. The first-order valence-electron chi connectivity index (χ1n) is 4.26. The Hall–Kier alpha value is 0.430. The van der Waals surface area contributed by atoms with E-state index in [4.69, 9.17) is 17.3 Å². The molecule has 2 N–H and O–H groups in total. The highest BCUT2D eigenvalue weighted by molar-refractivity contribution is 9.10. The molecule has 0 saturated heterocycles. The zero-order valence-corrected chi connectivity index (χ0v) is 10.8.